The van der Waals surface area contributed by atoms with E-state index in [4.69, 9.17) is 0 Å². The van der Waals surface area contributed by atoms with Gasteiger partial charge in [-0.15, -0.1) is 0 Å². The highest BCUT2D eigenvalue weighted by Crippen LogP contribution is 2.14. The molecule has 1 aromatic rings. The van der Waals surface area contributed by atoms with E-state index in [0.29, 0.717) is 0 Å². The fraction of sp³-hybridized carbons (Fsp3) is 0.455. The van der Waals surface area contributed by atoms with Gasteiger partial charge in [-0.2, -0.15) is 11.8 Å². The van der Waals surface area contributed by atoms with Crippen LogP contribution in [0.15, 0.2) is 24.3 Å². The van der Waals surface area contributed by atoms with Gasteiger partial charge in [-0.05, 0) is 40.3 Å². The van der Waals surface area contributed by atoms with Crippen LogP contribution in [-0.4, -0.2) is 29.5 Å². The molecule has 0 bridgehead atoms. The van der Waals surface area contributed by atoms with Crippen molar-refractivity contribution in [1.82, 2.24) is 4.90 Å². The van der Waals surface area contributed by atoms with Crippen LogP contribution in [0.2, 0.25) is 0 Å². The van der Waals surface area contributed by atoms with Crippen LogP contribution in [0.5, 0.6) is 0 Å². The lowest BCUT2D eigenvalue weighted by molar-refractivity contribution is 0.294. The number of hydrogen-bond acceptors (Lipinski definition) is 2. The SMILES string of the molecule is Ic1cccc(CN2CCSCC2)c1. The Balaban J connectivity index is 1.95. The van der Waals surface area contributed by atoms with Gasteiger partial charge in [-0.3, -0.25) is 4.90 Å². The first kappa shape index (κ1) is 10.8. The van der Waals surface area contributed by atoms with Crippen molar-refractivity contribution in [3.05, 3.63) is 33.4 Å². The molecule has 0 aliphatic carbocycles. The molecular formula is C11H14INS. The molecule has 0 unspecified atom stereocenters. The lowest BCUT2D eigenvalue weighted by Gasteiger charge is -2.26. The Labute approximate surface area is 103 Å². The second-order valence-electron chi connectivity index (χ2n) is 3.52. The average Bonchev–Trinajstić information content (AvgIpc) is 2.19. The lowest BCUT2D eigenvalue weighted by Crippen LogP contribution is -2.31. The highest BCUT2D eigenvalue weighted by Gasteiger charge is 2.10. The molecule has 0 radical (unpaired) electrons. The van der Waals surface area contributed by atoms with Crippen LogP contribution >= 0.6 is 34.4 Å². The summed E-state index contributed by atoms with van der Waals surface area (Å²) >= 11 is 4.45. The van der Waals surface area contributed by atoms with Crippen molar-refractivity contribution in [2.75, 3.05) is 24.6 Å². The Morgan fingerprint density at radius 1 is 1.29 bits per heavy atom. The number of benzene rings is 1. The third kappa shape index (κ3) is 3.14. The predicted octanol–water partition coefficient (Wildman–Crippen LogP) is 2.84. The maximum absolute atomic E-state index is 2.54. The van der Waals surface area contributed by atoms with Gasteiger partial charge in [-0.25, -0.2) is 0 Å². The highest BCUT2D eigenvalue weighted by molar-refractivity contribution is 14.1. The van der Waals surface area contributed by atoms with E-state index in [9.17, 15) is 0 Å². The fourth-order valence-electron chi connectivity index (χ4n) is 1.65. The van der Waals surface area contributed by atoms with E-state index >= 15 is 0 Å². The van der Waals surface area contributed by atoms with Gasteiger partial charge < -0.3 is 0 Å². The van der Waals surface area contributed by atoms with Crippen LogP contribution in [-0.2, 0) is 6.54 Å². The van der Waals surface area contributed by atoms with Crippen LogP contribution in [0, 0.1) is 3.57 Å². The third-order valence-corrected chi connectivity index (χ3v) is 4.01. The summed E-state index contributed by atoms with van der Waals surface area (Å²) < 4.78 is 1.34. The molecule has 2 rings (SSSR count). The van der Waals surface area contributed by atoms with E-state index in [1.165, 1.54) is 33.7 Å². The van der Waals surface area contributed by atoms with Crippen molar-refractivity contribution >= 4 is 34.4 Å². The fourth-order valence-corrected chi connectivity index (χ4v) is 3.24. The number of rotatable bonds is 2. The first-order valence-electron chi connectivity index (χ1n) is 4.89. The zero-order valence-corrected chi connectivity index (χ0v) is 11.1. The molecule has 1 fully saturated rings. The second-order valence-corrected chi connectivity index (χ2v) is 5.99. The summed E-state index contributed by atoms with van der Waals surface area (Å²) in [5.41, 5.74) is 1.45. The molecule has 1 saturated heterocycles. The third-order valence-electron chi connectivity index (χ3n) is 2.40. The summed E-state index contributed by atoms with van der Waals surface area (Å²) in [6, 6.07) is 8.80. The Morgan fingerprint density at radius 3 is 2.79 bits per heavy atom. The van der Waals surface area contributed by atoms with E-state index in [1.807, 2.05) is 0 Å². The van der Waals surface area contributed by atoms with Crippen molar-refractivity contribution in [3.63, 3.8) is 0 Å². The standard InChI is InChI=1S/C11H14INS/c12-11-3-1-2-10(8-11)9-13-4-6-14-7-5-13/h1-3,8H,4-7,9H2. The van der Waals surface area contributed by atoms with Crippen LogP contribution in [0.4, 0.5) is 0 Å². The number of thioether (sulfide) groups is 1. The Bertz CT molecular complexity index is 297. The quantitative estimate of drug-likeness (QED) is 0.771. The van der Waals surface area contributed by atoms with Gasteiger partial charge in [0, 0.05) is 34.7 Å². The molecule has 0 spiro atoms. The Kier molecular flexibility index (Phi) is 4.13. The van der Waals surface area contributed by atoms with Crippen LogP contribution in [0.3, 0.4) is 0 Å². The van der Waals surface area contributed by atoms with Gasteiger partial charge in [0.1, 0.15) is 0 Å². The minimum Gasteiger partial charge on any atom is -0.297 e. The summed E-state index contributed by atoms with van der Waals surface area (Å²) in [5, 5.41) is 0. The summed E-state index contributed by atoms with van der Waals surface area (Å²) in [7, 11) is 0. The minimum atomic E-state index is 1.12. The van der Waals surface area contributed by atoms with E-state index in [0.717, 1.165) is 6.54 Å². The molecule has 0 atom stereocenters. The van der Waals surface area contributed by atoms with Crippen LogP contribution in [0.25, 0.3) is 0 Å². The molecule has 1 heterocycles. The Hall–Kier alpha value is 0.260. The van der Waals surface area contributed by atoms with Gasteiger partial charge in [0.05, 0.1) is 0 Å². The zero-order chi connectivity index (χ0) is 9.80. The first-order chi connectivity index (χ1) is 6.84. The van der Waals surface area contributed by atoms with Crippen molar-refractivity contribution in [2.24, 2.45) is 0 Å². The number of halogens is 1. The maximum atomic E-state index is 2.54. The second kappa shape index (κ2) is 5.37. The predicted molar refractivity (Wildman–Crippen MR) is 71.8 cm³/mol. The minimum absolute atomic E-state index is 1.12. The molecular weight excluding hydrogens is 305 g/mol. The van der Waals surface area contributed by atoms with Gasteiger partial charge in [-0.1, -0.05) is 12.1 Å². The summed E-state index contributed by atoms with van der Waals surface area (Å²) in [6.45, 7) is 3.61. The van der Waals surface area contributed by atoms with Gasteiger partial charge in [0.15, 0.2) is 0 Å². The molecule has 14 heavy (non-hydrogen) atoms. The summed E-state index contributed by atoms with van der Waals surface area (Å²) in [4.78, 5) is 2.54. The van der Waals surface area contributed by atoms with Crippen molar-refractivity contribution in [2.45, 2.75) is 6.54 Å². The van der Waals surface area contributed by atoms with E-state index in [-0.39, 0.29) is 0 Å². The normalized spacial score (nSPS) is 18.4. The molecule has 0 amide bonds. The van der Waals surface area contributed by atoms with Crippen molar-refractivity contribution < 1.29 is 0 Å². The Morgan fingerprint density at radius 2 is 2.07 bits per heavy atom. The lowest BCUT2D eigenvalue weighted by atomic mass is 10.2. The topological polar surface area (TPSA) is 3.24 Å². The molecule has 0 saturated carbocycles. The maximum Gasteiger partial charge on any atom is 0.0234 e. The van der Waals surface area contributed by atoms with Gasteiger partial charge in [0.2, 0.25) is 0 Å². The van der Waals surface area contributed by atoms with Crippen molar-refractivity contribution in [3.8, 4) is 0 Å². The highest BCUT2D eigenvalue weighted by atomic mass is 127. The van der Waals surface area contributed by atoms with Gasteiger partial charge in [0.25, 0.3) is 0 Å². The molecule has 0 aromatic heterocycles. The van der Waals surface area contributed by atoms with Crippen molar-refractivity contribution in [1.29, 1.82) is 0 Å². The first-order valence-corrected chi connectivity index (χ1v) is 7.12. The molecule has 1 aromatic carbocycles. The van der Waals surface area contributed by atoms with E-state index in [2.05, 4.69) is 63.5 Å². The number of hydrogen-bond donors (Lipinski definition) is 0. The summed E-state index contributed by atoms with van der Waals surface area (Å²) in [6.07, 6.45) is 0. The molecule has 0 N–H and O–H groups in total. The molecule has 1 aliphatic rings. The van der Waals surface area contributed by atoms with Crippen LogP contribution in [0.1, 0.15) is 5.56 Å². The average molecular weight is 319 g/mol. The van der Waals surface area contributed by atoms with E-state index < -0.39 is 0 Å². The molecule has 76 valence electrons. The number of nitrogens with zero attached hydrogens (tertiary/aromatic N) is 1. The largest absolute Gasteiger partial charge is 0.297 e. The van der Waals surface area contributed by atoms with Crippen LogP contribution < -0.4 is 0 Å². The van der Waals surface area contributed by atoms with Gasteiger partial charge >= 0.3 is 0 Å². The molecule has 3 heteroatoms. The monoisotopic (exact) mass is 319 g/mol. The smallest absolute Gasteiger partial charge is 0.0234 e. The zero-order valence-electron chi connectivity index (χ0n) is 8.08. The van der Waals surface area contributed by atoms with E-state index in [1.54, 1.807) is 0 Å². The summed E-state index contributed by atoms with van der Waals surface area (Å²) in [5.74, 6) is 2.59. The molecule has 1 nitrogen and oxygen atoms in total. The molecule has 1 aliphatic heterocycles.